The van der Waals surface area contributed by atoms with Gasteiger partial charge in [-0.05, 0) is 63.5 Å². The Hall–Kier alpha value is -2.74. The van der Waals surface area contributed by atoms with E-state index >= 15 is 0 Å². The zero-order valence-electron chi connectivity index (χ0n) is 16.7. The number of cyclic esters (lactones) is 1. The Morgan fingerprint density at radius 1 is 1.24 bits per heavy atom. The highest BCUT2D eigenvalue weighted by Crippen LogP contribution is 2.29. The number of hydrogen-bond acceptors (Lipinski definition) is 5. The van der Waals surface area contributed by atoms with E-state index in [1.165, 1.54) is 0 Å². The number of thiocarbonyl (C=S) groups is 1. The molecule has 8 heteroatoms. The summed E-state index contributed by atoms with van der Waals surface area (Å²) in [7, 11) is 0. The number of nitrogens with one attached hydrogen (secondary N) is 2. The summed E-state index contributed by atoms with van der Waals surface area (Å²) in [5, 5.41) is 5.54. The molecule has 1 saturated heterocycles. The van der Waals surface area contributed by atoms with Gasteiger partial charge in [-0.15, -0.1) is 0 Å². The van der Waals surface area contributed by atoms with Crippen LogP contribution in [0.1, 0.15) is 40.0 Å². The first-order valence-electron chi connectivity index (χ1n) is 9.68. The summed E-state index contributed by atoms with van der Waals surface area (Å²) in [5.41, 5.74) is 2.02. The molecule has 2 heterocycles. The monoisotopic (exact) mass is 415 g/mol. The van der Waals surface area contributed by atoms with E-state index in [1.54, 1.807) is 4.90 Å². The molecule has 0 spiro atoms. The summed E-state index contributed by atoms with van der Waals surface area (Å²) >= 11 is 5.22. The molecule has 1 aromatic carbocycles. The predicted octanol–water partition coefficient (Wildman–Crippen LogP) is 2.42. The standard InChI is InChI=1S/C21H25N3O4S/c1-12-11-15(20(27)28-12)9-10-17(25)22-21(29)23-18-13(2)14(3)24(19(18)26)16-7-5-4-6-8-16/h4-8,12,14-15H,9-11H2,1-3H3,(H2,22,23,25,29)/t12-,14-,15+/m1/s1. The maximum atomic E-state index is 12.9. The fraction of sp³-hybridized carbons (Fsp3) is 0.429. The second kappa shape index (κ2) is 8.73. The lowest BCUT2D eigenvalue weighted by Crippen LogP contribution is -2.42. The second-order valence-electron chi connectivity index (χ2n) is 7.47. The van der Waals surface area contributed by atoms with E-state index in [1.807, 2.05) is 51.1 Å². The summed E-state index contributed by atoms with van der Waals surface area (Å²) in [6.07, 6.45) is 1.10. The van der Waals surface area contributed by atoms with Crippen molar-refractivity contribution in [3.8, 4) is 0 Å². The van der Waals surface area contributed by atoms with E-state index in [2.05, 4.69) is 10.6 Å². The van der Waals surface area contributed by atoms with Crippen LogP contribution in [0.4, 0.5) is 5.69 Å². The maximum Gasteiger partial charge on any atom is 0.309 e. The Bertz CT molecular complexity index is 868. The average molecular weight is 416 g/mol. The number of anilines is 1. The number of carbonyl (C=O) groups excluding carboxylic acids is 3. The number of carbonyl (C=O) groups is 3. The molecular weight excluding hydrogens is 390 g/mol. The molecule has 0 aromatic heterocycles. The molecule has 0 aliphatic carbocycles. The maximum absolute atomic E-state index is 12.9. The summed E-state index contributed by atoms with van der Waals surface area (Å²) in [6, 6.07) is 9.27. The number of nitrogens with zero attached hydrogens (tertiary/aromatic N) is 1. The van der Waals surface area contributed by atoms with Crippen LogP contribution >= 0.6 is 12.2 Å². The van der Waals surface area contributed by atoms with Crippen molar-refractivity contribution in [1.82, 2.24) is 10.6 Å². The molecule has 154 valence electrons. The lowest BCUT2D eigenvalue weighted by Gasteiger charge is -2.23. The molecule has 2 aliphatic heterocycles. The van der Waals surface area contributed by atoms with E-state index in [4.69, 9.17) is 17.0 Å². The van der Waals surface area contributed by atoms with Crippen molar-refractivity contribution >= 4 is 40.8 Å². The minimum atomic E-state index is -0.300. The molecule has 0 saturated carbocycles. The zero-order chi connectivity index (χ0) is 21.1. The van der Waals surface area contributed by atoms with E-state index in [0.29, 0.717) is 18.5 Å². The van der Waals surface area contributed by atoms with Crippen molar-refractivity contribution in [2.75, 3.05) is 4.90 Å². The lowest BCUT2D eigenvalue weighted by molar-refractivity contribution is -0.144. The number of rotatable bonds is 5. The number of ether oxygens (including phenoxy) is 1. The largest absolute Gasteiger partial charge is 0.462 e. The molecule has 1 aromatic rings. The molecule has 0 radical (unpaired) electrons. The number of hydrogen-bond donors (Lipinski definition) is 2. The molecule has 3 rings (SSSR count). The minimum absolute atomic E-state index is 0.0715. The quantitative estimate of drug-likeness (QED) is 0.567. The Kier molecular flexibility index (Phi) is 6.32. The van der Waals surface area contributed by atoms with Crippen molar-refractivity contribution in [1.29, 1.82) is 0 Å². The zero-order valence-corrected chi connectivity index (χ0v) is 17.5. The van der Waals surface area contributed by atoms with Crippen molar-refractivity contribution in [3.63, 3.8) is 0 Å². The van der Waals surface area contributed by atoms with E-state index in [-0.39, 0.29) is 47.4 Å². The van der Waals surface area contributed by atoms with Crippen LogP contribution in [-0.4, -0.2) is 35.0 Å². The normalized spacial score (nSPS) is 24.0. The second-order valence-corrected chi connectivity index (χ2v) is 7.87. The van der Waals surface area contributed by atoms with Crippen LogP contribution in [0.3, 0.4) is 0 Å². The Labute approximate surface area is 175 Å². The molecule has 0 unspecified atom stereocenters. The number of para-hydroxylation sites is 1. The van der Waals surface area contributed by atoms with Gasteiger partial charge < -0.3 is 20.3 Å². The van der Waals surface area contributed by atoms with Gasteiger partial charge in [0.05, 0.1) is 18.1 Å². The smallest absolute Gasteiger partial charge is 0.309 e. The molecule has 2 N–H and O–H groups in total. The third-order valence-corrected chi connectivity index (χ3v) is 5.56. The first-order chi connectivity index (χ1) is 13.8. The van der Waals surface area contributed by atoms with Gasteiger partial charge in [0.1, 0.15) is 5.70 Å². The van der Waals surface area contributed by atoms with Crippen molar-refractivity contribution in [2.24, 2.45) is 5.92 Å². The predicted molar refractivity (Wildman–Crippen MR) is 113 cm³/mol. The highest BCUT2D eigenvalue weighted by Gasteiger charge is 2.36. The first kappa shape index (κ1) is 21.0. The molecule has 7 nitrogen and oxygen atoms in total. The van der Waals surface area contributed by atoms with Crippen LogP contribution in [0, 0.1) is 5.92 Å². The number of amides is 2. The van der Waals surface area contributed by atoms with Crippen LogP contribution in [0.25, 0.3) is 0 Å². The fourth-order valence-corrected chi connectivity index (χ4v) is 3.88. The van der Waals surface area contributed by atoms with Gasteiger partial charge in [-0.2, -0.15) is 0 Å². The Morgan fingerprint density at radius 2 is 1.93 bits per heavy atom. The summed E-state index contributed by atoms with van der Waals surface area (Å²) in [4.78, 5) is 38.4. The highest BCUT2D eigenvalue weighted by atomic mass is 32.1. The molecule has 2 amide bonds. The van der Waals surface area contributed by atoms with Gasteiger partial charge in [0.25, 0.3) is 5.91 Å². The molecule has 1 fully saturated rings. The summed E-state index contributed by atoms with van der Waals surface area (Å²) in [5.74, 6) is -0.996. The first-order valence-corrected chi connectivity index (χ1v) is 10.1. The Morgan fingerprint density at radius 3 is 2.55 bits per heavy atom. The minimum Gasteiger partial charge on any atom is -0.462 e. The van der Waals surface area contributed by atoms with E-state index in [9.17, 15) is 14.4 Å². The SMILES string of the molecule is CC1=C(NC(=S)NC(=O)CC[C@H]2C[C@@H](C)OC2=O)C(=O)N(c2ccccc2)[C@@H]1C. The van der Waals surface area contributed by atoms with Crippen LogP contribution in [-0.2, 0) is 19.1 Å². The van der Waals surface area contributed by atoms with Gasteiger partial charge >= 0.3 is 5.97 Å². The van der Waals surface area contributed by atoms with Crippen LogP contribution in [0.2, 0.25) is 0 Å². The third kappa shape index (κ3) is 4.64. The molecule has 3 atom stereocenters. The van der Waals surface area contributed by atoms with Gasteiger partial charge in [0.2, 0.25) is 5.91 Å². The van der Waals surface area contributed by atoms with E-state index in [0.717, 1.165) is 11.3 Å². The molecule has 0 bridgehead atoms. The Balaban J connectivity index is 1.55. The average Bonchev–Trinajstić information content (AvgIpc) is 3.11. The van der Waals surface area contributed by atoms with Gasteiger partial charge in [0, 0.05) is 12.1 Å². The van der Waals surface area contributed by atoms with Gasteiger partial charge in [-0.25, -0.2) is 0 Å². The summed E-state index contributed by atoms with van der Waals surface area (Å²) < 4.78 is 5.10. The highest BCUT2D eigenvalue weighted by molar-refractivity contribution is 7.80. The molecule has 2 aliphatic rings. The van der Waals surface area contributed by atoms with Gasteiger partial charge in [-0.1, -0.05) is 18.2 Å². The fourth-order valence-electron chi connectivity index (χ4n) is 3.66. The number of esters is 1. The third-order valence-electron chi connectivity index (χ3n) is 5.35. The van der Waals surface area contributed by atoms with Crippen LogP contribution < -0.4 is 15.5 Å². The molecular formula is C21H25N3O4S. The van der Waals surface area contributed by atoms with Gasteiger partial charge in [-0.3, -0.25) is 14.4 Å². The lowest BCUT2D eigenvalue weighted by atomic mass is 9.99. The summed E-state index contributed by atoms with van der Waals surface area (Å²) in [6.45, 7) is 5.65. The van der Waals surface area contributed by atoms with Crippen molar-refractivity contribution < 1.29 is 19.1 Å². The van der Waals surface area contributed by atoms with Crippen LogP contribution in [0.5, 0.6) is 0 Å². The van der Waals surface area contributed by atoms with Crippen LogP contribution in [0.15, 0.2) is 41.6 Å². The topological polar surface area (TPSA) is 87.7 Å². The molecule has 29 heavy (non-hydrogen) atoms. The van der Waals surface area contributed by atoms with Crippen molar-refractivity contribution in [3.05, 3.63) is 41.6 Å². The van der Waals surface area contributed by atoms with E-state index < -0.39 is 0 Å². The van der Waals surface area contributed by atoms with Gasteiger partial charge in [0.15, 0.2) is 5.11 Å². The van der Waals surface area contributed by atoms with Crippen molar-refractivity contribution in [2.45, 2.75) is 52.2 Å². The number of benzene rings is 1.